The van der Waals surface area contributed by atoms with Crippen molar-refractivity contribution in [2.24, 2.45) is 0 Å². The lowest BCUT2D eigenvalue weighted by Gasteiger charge is -2.16. The zero-order valence-corrected chi connectivity index (χ0v) is 11.8. The summed E-state index contributed by atoms with van der Waals surface area (Å²) in [5.41, 5.74) is 0. The van der Waals surface area contributed by atoms with Gasteiger partial charge in [-0.3, -0.25) is 0 Å². The molecule has 16 heavy (non-hydrogen) atoms. The van der Waals surface area contributed by atoms with E-state index in [1.54, 1.807) is 0 Å². The zero-order chi connectivity index (χ0) is 12.4. The molecule has 98 valence electrons. The van der Waals surface area contributed by atoms with Crippen molar-refractivity contribution in [2.45, 2.75) is 58.9 Å². The molecule has 0 aliphatic heterocycles. The Balaban J connectivity index is 4.08. The highest BCUT2D eigenvalue weighted by Crippen LogP contribution is 2.05. The summed E-state index contributed by atoms with van der Waals surface area (Å²) in [6.07, 6.45) is 4.87. The predicted molar refractivity (Wildman–Crippen MR) is 70.6 cm³/mol. The van der Waals surface area contributed by atoms with E-state index in [0.717, 1.165) is 38.6 Å². The highest BCUT2D eigenvalue weighted by molar-refractivity contribution is 7.91. The SMILES string of the molecule is CCCCCS(=O)(=O)CC(CCC)NCC. The van der Waals surface area contributed by atoms with E-state index in [2.05, 4.69) is 19.2 Å². The first kappa shape index (κ1) is 15.9. The predicted octanol–water partition coefficient (Wildman–Crippen LogP) is 2.37. The molecule has 0 rings (SSSR count). The molecule has 0 radical (unpaired) electrons. The summed E-state index contributed by atoms with van der Waals surface area (Å²) in [5, 5.41) is 3.25. The van der Waals surface area contributed by atoms with Crippen LogP contribution in [0.2, 0.25) is 0 Å². The van der Waals surface area contributed by atoms with Crippen molar-refractivity contribution in [1.29, 1.82) is 0 Å². The molecular formula is C12H27NO2S. The Kier molecular flexibility index (Phi) is 8.94. The smallest absolute Gasteiger partial charge is 0.151 e. The van der Waals surface area contributed by atoms with Crippen molar-refractivity contribution in [2.75, 3.05) is 18.1 Å². The Morgan fingerprint density at radius 2 is 1.75 bits per heavy atom. The summed E-state index contributed by atoms with van der Waals surface area (Å²) in [6.45, 7) is 7.04. The van der Waals surface area contributed by atoms with Gasteiger partial charge in [-0.25, -0.2) is 8.42 Å². The fourth-order valence-electron chi connectivity index (χ4n) is 1.84. The minimum absolute atomic E-state index is 0.140. The summed E-state index contributed by atoms with van der Waals surface area (Å²) in [5.74, 6) is 0.658. The Bertz CT molecular complexity index is 244. The molecule has 1 N–H and O–H groups in total. The summed E-state index contributed by atoms with van der Waals surface area (Å²) in [7, 11) is -2.86. The molecule has 0 saturated heterocycles. The van der Waals surface area contributed by atoms with E-state index in [0.29, 0.717) is 11.5 Å². The van der Waals surface area contributed by atoms with Crippen LogP contribution in [-0.4, -0.2) is 32.5 Å². The lowest BCUT2D eigenvalue weighted by atomic mass is 10.2. The lowest BCUT2D eigenvalue weighted by molar-refractivity contribution is 0.511. The maximum Gasteiger partial charge on any atom is 0.151 e. The zero-order valence-electron chi connectivity index (χ0n) is 11.0. The number of rotatable bonds is 10. The van der Waals surface area contributed by atoms with Gasteiger partial charge in [-0.2, -0.15) is 0 Å². The Hall–Kier alpha value is -0.0900. The van der Waals surface area contributed by atoms with E-state index < -0.39 is 9.84 Å². The van der Waals surface area contributed by atoms with Crippen LogP contribution in [0.15, 0.2) is 0 Å². The molecule has 0 saturated carbocycles. The molecule has 0 fully saturated rings. The number of nitrogens with one attached hydrogen (secondary N) is 1. The molecule has 0 spiro atoms. The maximum atomic E-state index is 11.8. The van der Waals surface area contributed by atoms with Crippen LogP contribution in [-0.2, 0) is 9.84 Å². The molecule has 3 nitrogen and oxygen atoms in total. The second-order valence-electron chi connectivity index (χ2n) is 4.36. The highest BCUT2D eigenvalue weighted by atomic mass is 32.2. The Morgan fingerprint density at radius 1 is 1.06 bits per heavy atom. The number of sulfone groups is 1. The average molecular weight is 249 g/mol. The van der Waals surface area contributed by atoms with Crippen molar-refractivity contribution >= 4 is 9.84 Å². The van der Waals surface area contributed by atoms with Crippen LogP contribution < -0.4 is 5.32 Å². The van der Waals surface area contributed by atoms with E-state index in [9.17, 15) is 8.42 Å². The summed E-state index contributed by atoms with van der Waals surface area (Å²) in [4.78, 5) is 0. The standard InChI is InChI=1S/C12H27NO2S/c1-4-7-8-10-16(14,15)11-12(9-5-2)13-6-3/h12-13H,4-11H2,1-3H3. The molecule has 0 aromatic heterocycles. The number of hydrogen-bond acceptors (Lipinski definition) is 3. The van der Waals surface area contributed by atoms with Crippen molar-refractivity contribution in [3.63, 3.8) is 0 Å². The van der Waals surface area contributed by atoms with Gasteiger partial charge in [0, 0.05) is 6.04 Å². The van der Waals surface area contributed by atoms with Crippen LogP contribution in [0, 0.1) is 0 Å². The van der Waals surface area contributed by atoms with Crippen molar-refractivity contribution in [3.8, 4) is 0 Å². The topological polar surface area (TPSA) is 46.2 Å². The maximum absolute atomic E-state index is 11.8. The molecular weight excluding hydrogens is 222 g/mol. The largest absolute Gasteiger partial charge is 0.313 e. The van der Waals surface area contributed by atoms with Gasteiger partial charge in [-0.15, -0.1) is 0 Å². The first-order chi connectivity index (χ1) is 7.55. The second kappa shape index (κ2) is 8.99. The van der Waals surface area contributed by atoms with E-state index in [1.807, 2.05) is 6.92 Å². The highest BCUT2D eigenvalue weighted by Gasteiger charge is 2.17. The van der Waals surface area contributed by atoms with Gasteiger partial charge in [0.1, 0.15) is 0 Å². The molecule has 1 unspecified atom stereocenters. The Labute approximate surface area is 101 Å². The van der Waals surface area contributed by atoms with Crippen LogP contribution in [0.1, 0.15) is 52.9 Å². The second-order valence-corrected chi connectivity index (χ2v) is 6.59. The number of unbranched alkanes of at least 4 members (excludes halogenated alkanes) is 2. The third-order valence-corrected chi connectivity index (χ3v) is 4.46. The van der Waals surface area contributed by atoms with Gasteiger partial charge >= 0.3 is 0 Å². The fourth-order valence-corrected chi connectivity index (χ4v) is 3.55. The monoisotopic (exact) mass is 249 g/mol. The van der Waals surface area contributed by atoms with Crippen LogP contribution in [0.5, 0.6) is 0 Å². The van der Waals surface area contributed by atoms with Gasteiger partial charge in [-0.1, -0.05) is 40.0 Å². The third-order valence-electron chi connectivity index (χ3n) is 2.64. The summed E-state index contributed by atoms with van der Waals surface area (Å²) < 4.78 is 23.7. The fraction of sp³-hybridized carbons (Fsp3) is 1.00. The molecule has 0 aliphatic carbocycles. The van der Waals surface area contributed by atoms with Crippen molar-refractivity contribution < 1.29 is 8.42 Å². The molecule has 0 heterocycles. The van der Waals surface area contributed by atoms with Crippen LogP contribution in [0.3, 0.4) is 0 Å². The molecule has 0 bridgehead atoms. The molecule has 0 amide bonds. The molecule has 1 atom stereocenters. The van der Waals surface area contributed by atoms with Crippen molar-refractivity contribution in [1.82, 2.24) is 5.32 Å². The van der Waals surface area contributed by atoms with Gasteiger partial charge in [0.05, 0.1) is 11.5 Å². The van der Waals surface area contributed by atoms with Gasteiger partial charge in [0.15, 0.2) is 9.84 Å². The van der Waals surface area contributed by atoms with Crippen LogP contribution in [0.25, 0.3) is 0 Å². The molecule has 4 heteroatoms. The van der Waals surface area contributed by atoms with E-state index in [1.165, 1.54) is 0 Å². The number of hydrogen-bond donors (Lipinski definition) is 1. The average Bonchev–Trinajstić information content (AvgIpc) is 2.18. The van der Waals surface area contributed by atoms with Crippen LogP contribution >= 0.6 is 0 Å². The van der Waals surface area contributed by atoms with Gasteiger partial charge in [0.2, 0.25) is 0 Å². The van der Waals surface area contributed by atoms with Gasteiger partial charge in [0.25, 0.3) is 0 Å². The van der Waals surface area contributed by atoms with E-state index in [4.69, 9.17) is 0 Å². The summed E-state index contributed by atoms with van der Waals surface area (Å²) >= 11 is 0. The lowest BCUT2D eigenvalue weighted by Crippen LogP contribution is -2.36. The van der Waals surface area contributed by atoms with Gasteiger partial charge < -0.3 is 5.32 Å². The molecule has 0 aliphatic rings. The first-order valence-electron chi connectivity index (χ1n) is 6.49. The quantitative estimate of drug-likeness (QED) is 0.605. The van der Waals surface area contributed by atoms with E-state index in [-0.39, 0.29) is 6.04 Å². The van der Waals surface area contributed by atoms with Crippen molar-refractivity contribution in [3.05, 3.63) is 0 Å². The Morgan fingerprint density at radius 3 is 2.25 bits per heavy atom. The molecule has 0 aromatic rings. The molecule has 0 aromatic carbocycles. The first-order valence-corrected chi connectivity index (χ1v) is 8.31. The van der Waals surface area contributed by atoms with E-state index >= 15 is 0 Å². The normalized spacial score (nSPS) is 13.9. The minimum atomic E-state index is -2.86. The van der Waals surface area contributed by atoms with Crippen LogP contribution in [0.4, 0.5) is 0 Å². The minimum Gasteiger partial charge on any atom is -0.313 e. The van der Waals surface area contributed by atoms with Gasteiger partial charge in [-0.05, 0) is 19.4 Å². The summed E-state index contributed by atoms with van der Waals surface area (Å²) in [6, 6.07) is 0.140. The third kappa shape index (κ3) is 8.11.